The molecule has 1 fully saturated rings. The highest BCUT2D eigenvalue weighted by molar-refractivity contribution is 7.99. The largest absolute Gasteiger partial charge is 0.493 e. The van der Waals surface area contributed by atoms with Crippen LogP contribution in [0.25, 0.3) is 11.4 Å². The molecule has 1 saturated carbocycles. The first-order valence-electron chi connectivity index (χ1n) is 9.35. The zero-order valence-corrected chi connectivity index (χ0v) is 17.1. The van der Waals surface area contributed by atoms with Crippen molar-refractivity contribution in [2.75, 3.05) is 20.0 Å². The molecule has 1 amide bonds. The number of hydrogen-bond acceptors (Lipinski definition) is 6. The number of benzene rings is 1. The minimum absolute atomic E-state index is 0.0396. The molecular weight excluding hydrogens is 376 g/mol. The zero-order valence-electron chi connectivity index (χ0n) is 16.3. The lowest BCUT2D eigenvalue weighted by Gasteiger charge is -2.12. The lowest BCUT2D eigenvalue weighted by molar-refractivity contribution is -0.119. The molecule has 0 aliphatic heterocycles. The number of thioether (sulfide) groups is 1. The Labute approximate surface area is 169 Å². The van der Waals surface area contributed by atoms with Crippen LogP contribution in [0.1, 0.15) is 25.7 Å². The lowest BCUT2D eigenvalue weighted by Crippen LogP contribution is -2.33. The topological polar surface area (TPSA) is 78.3 Å². The molecule has 28 heavy (non-hydrogen) atoms. The van der Waals surface area contributed by atoms with Crippen LogP contribution in [0, 0.1) is 0 Å². The molecule has 0 spiro atoms. The Hall–Kier alpha value is -2.48. The quantitative estimate of drug-likeness (QED) is 0.512. The highest BCUT2D eigenvalue weighted by Crippen LogP contribution is 2.33. The summed E-state index contributed by atoms with van der Waals surface area (Å²) >= 11 is 1.39. The predicted molar refractivity (Wildman–Crippen MR) is 110 cm³/mol. The van der Waals surface area contributed by atoms with Crippen molar-refractivity contribution >= 4 is 17.7 Å². The number of ether oxygens (including phenoxy) is 2. The van der Waals surface area contributed by atoms with E-state index in [0.717, 1.165) is 18.4 Å². The number of aromatic nitrogens is 3. The van der Waals surface area contributed by atoms with Crippen LogP contribution >= 0.6 is 11.8 Å². The fourth-order valence-electron chi connectivity index (χ4n) is 3.35. The number of nitrogens with one attached hydrogen (secondary N) is 1. The number of carbonyl (C=O) groups excluding carboxylic acids is 1. The Morgan fingerprint density at radius 3 is 2.71 bits per heavy atom. The molecule has 1 aromatic heterocycles. The number of hydrogen-bond donors (Lipinski definition) is 1. The van der Waals surface area contributed by atoms with Gasteiger partial charge in [-0.3, -0.25) is 9.36 Å². The first-order valence-corrected chi connectivity index (χ1v) is 10.3. The number of nitrogens with zero attached hydrogens (tertiary/aromatic N) is 3. The predicted octanol–water partition coefficient (Wildman–Crippen LogP) is 3.30. The molecule has 8 heteroatoms. The third kappa shape index (κ3) is 4.67. The van der Waals surface area contributed by atoms with Crippen molar-refractivity contribution in [2.24, 2.45) is 0 Å². The molecule has 0 atom stereocenters. The number of amides is 1. The second-order valence-electron chi connectivity index (χ2n) is 6.61. The average Bonchev–Trinajstić information content (AvgIpc) is 3.36. The van der Waals surface area contributed by atoms with Crippen LogP contribution in [0.2, 0.25) is 0 Å². The number of rotatable bonds is 9. The van der Waals surface area contributed by atoms with Gasteiger partial charge in [-0.2, -0.15) is 0 Å². The first-order chi connectivity index (χ1) is 13.7. The first kappa shape index (κ1) is 20.3. The van der Waals surface area contributed by atoms with Gasteiger partial charge in [0, 0.05) is 18.2 Å². The highest BCUT2D eigenvalue weighted by atomic mass is 32.2. The molecule has 1 heterocycles. The second-order valence-corrected chi connectivity index (χ2v) is 7.56. The summed E-state index contributed by atoms with van der Waals surface area (Å²) < 4.78 is 12.6. The molecule has 1 aliphatic carbocycles. The summed E-state index contributed by atoms with van der Waals surface area (Å²) in [6.45, 7) is 4.37. The Kier molecular flexibility index (Phi) is 6.97. The van der Waals surface area contributed by atoms with Crippen LogP contribution in [0.5, 0.6) is 11.5 Å². The Bertz CT molecular complexity index is 831. The van der Waals surface area contributed by atoms with Crippen molar-refractivity contribution in [1.29, 1.82) is 0 Å². The Morgan fingerprint density at radius 2 is 2.04 bits per heavy atom. The van der Waals surface area contributed by atoms with Crippen LogP contribution in [-0.4, -0.2) is 46.7 Å². The molecule has 7 nitrogen and oxygen atoms in total. The monoisotopic (exact) mass is 402 g/mol. The van der Waals surface area contributed by atoms with Gasteiger partial charge in [0.1, 0.15) is 0 Å². The van der Waals surface area contributed by atoms with Gasteiger partial charge in [-0.15, -0.1) is 16.8 Å². The van der Waals surface area contributed by atoms with E-state index in [1.54, 1.807) is 20.3 Å². The Balaban J connectivity index is 1.75. The maximum Gasteiger partial charge on any atom is 0.230 e. The maximum absolute atomic E-state index is 12.2. The van der Waals surface area contributed by atoms with Gasteiger partial charge in [0.25, 0.3) is 0 Å². The minimum Gasteiger partial charge on any atom is -0.493 e. The van der Waals surface area contributed by atoms with Crippen LogP contribution in [0.4, 0.5) is 0 Å². The van der Waals surface area contributed by atoms with Gasteiger partial charge < -0.3 is 14.8 Å². The van der Waals surface area contributed by atoms with Crippen molar-refractivity contribution in [3.8, 4) is 22.9 Å². The van der Waals surface area contributed by atoms with Crippen molar-refractivity contribution in [3.05, 3.63) is 30.9 Å². The van der Waals surface area contributed by atoms with Gasteiger partial charge in [-0.25, -0.2) is 0 Å². The molecule has 0 bridgehead atoms. The van der Waals surface area contributed by atoms with Crippen molar-refractivity contribution in [1.82, 2.24) is 20.1 Å². The van der Waals surface area contributed by atoms with Gasteiger partial charge in [0.2, 0.25) is 5.91 Å². The molecule has 0 radical (unpaired) electrons. The van der Waals surface area contributed by atoms with E-state index in [2.05, 4.69) is 22.1 Å². The van der Waals surface area contributed by atoms with E-state index in [0.29, 0.717) is 40.8 Å². The van der Waals surface area contributed by atoms with E-state index in [1.165, 1.54) is 24.6 Å². The van der Waals surface area contributed by atoms with E-state index in [9.17, 15) is 4.79 Å². The Morgan fingerprint density at radius 1 is 1.29 bits per heavy atom. The average molecular weight is 403 g/mol. The van der Waals surface area contributed by atoms with E-state index < -0.39 is 0 Å². The number of allylic oxidation sites excluding steroid dienone is 1. The third-order valence-electron chi connectivity index (χ3n) is 4.72. The molecule has 1 aliphatic rings. The summed E-state index contributed by atoms with van der Waals surface area (Å²) in [5, 5.41) is 12.4. The van der Waals surface area contributed by atoms with Crippen LogP contribution in [-0.2, 0) is 11.3 Å². The lowest BCUT2D eigenvalue weighted by atomic mass is 10.2. The summed E-state index contributed by atoms with van der Waals surface area (Å²) in [7, 11) is 3.20. The number of carbonyl (C=O) groups is 1. The third-order valence-corrected chi connectivity index (χ3v) is 5.69. The zero-order chi connectivity index (χ0) is 19.9. The van der Waals surface area contributed by atoms with Crippen LogP contribution < -0.4 is 14.8 Å². The van der Waals surface area contributed by atoms with Crippen molar-refractivity contribution in [2.45, 2.75) is 43.4 Å². The normalized spacial score (nSPS) is 14.1. The van der Waals surface area contributed by atoms with Gasteiger partial charge in [0.05, 0.1) is 20.0 Å². The van der Waals surface area contributed by atoms with Crippen LogP contribution in [0.3, 0.4) is 0 Å². The summed E-state index contributed by atoms with van der Waals surface area (Å²) in [6.07, 6.45) is 6.33. The maximum atomic E-state index is 12.2. The summed E-state index contributed by atoms with van der Waals surface area (Å²) in [5.41, 5.74) is 0.856. The standard InChI is InChI=1S/C20H26N4O3S/c1-4-11-24-19(14-9-10-16(26-2)17(12-14)27-3)22-23-20(24)28-13-18(25)21-15-7-5-6-8-15/h4,9-10,12,15H,1,5-8,11,13H2,2-3H3,(H,21,25). The second kappa shape index (κ2) is 9.64. The van der Waals surface area contributed by atoms with E-state index >= 15 is 0 Å². The summed E-state index contributed by atoms with van der Waals surface area (Å²) in [4.78, 5) is 12.2. The molecule has 3 rings (SSSR count). The van der Waals surface area contributed by atoms with Gasteiger partial charge in [-0.1, -0.05) is 30.7 Å². The summed E-state index contributed by atoms with van der Waals surface area (Å²) in [6, 6.07) is 5.93. The minimum atomic E-state index is 0.0396. The van der Waals surface area contributed by atoms with E-state index in [-0.39, 0.29) is 5.91 Å². The van der Waals surface area contributed by atoms with Gasteiger partial charge in [0.15, 0.2) is 22.5 Å². The summed E-state index contributed by atoms with van der Waals surface area (Å²) in [5.74, 6) is 2.33. The van der Waals surface area contributed by atoms with Crippen molar-refractivity contribution in [3.63, 3.8) is 0 Å². The fourth-order valence-corrected chi connectivity index (χ4v) is 4.11. The van der Waals surface area contributed by atoms with Gasteiger partial charge in [-0.05, 0) is 31.0 Å². The van der Waals surface area contributed by atoms with E-state index in [4.69, 9.17) is 9.47 Å². The van der Waals surface area contributed by atoms with Gasteiger partial charge >= 0.3 is 0 Å². The van der Waals surface area contributed by atoms with Crippen LogP contribution in [0.15, 0.2) is 36.0 Å². The number of methoxy groups -OCH3 is 2. The molecule has 1 N–H and O–H groups in total. The molecule has 0 unspecified atom stereocenters. The smallest absolute Gasteiger partial charge is 0.230 e. The van der Waals surface area contributed by atoms with E-state index in [1.807, 2.05) is 22.8 Å². The highest BCUT2D eigenvalue weighted by Gasteiger charge is 2.19. The molecule has 150 valence electrons. The molecule has 2 aromatic rings. The molecule has 0 saturated heterocycles. The molecular formula is C20H26N4O3S. The SMILES string of the molecule is C=CCn1c(SCC(=O)NC2CCCC2)nnc1-c1ccc(OC)c(OC)c1. The van der Waals surface area contributed by atoms with Crippen molar-refractivity contribution < 1.29 is 14.3 Å². The fraction of sp³-hybridized carbons (Fsp3) is 0.450. The molecule has 1 aromatic carbocycles.